The minimum absolute atomic E-state index is 0.0509. The smallest absolute Gasteiger partial charge is 0.275 e. The number of nitrogens with zero attached hydrogens (tertiary/aromatic N) is 4. The molecule has 1 saturated heterocycles. The Labute approximate surface area is 178 Å². The molecule has 30 heavy (non-hydrogen) atoms. The van der Waals surface area contributed by atoms with Crippen LogP contribution in [-0.2, 0) is 0 Å². The van der Waals surface area contributed by atoms with Gasteiger partial charge in [0, 0.05) is 17.3 Å². The van der Waals surface area contributed by atoms with E-state index in [1.165, 1.54) is 0 Å². The van der Waals surface area contributed by atoms with Crippen molar-refractivity contribution in [2.24, 2.45) is 0 Å². The number of benzene rings is 1. The second-order valence-electron chi connectivity index (χ2n) is 7.64. The SMILES string of the molecule is Cc1ccc2[nH]nc(C(=O)N3CCCC3c3cccc(Nc4nc(C)cs4)n3)c2c1. The highest BCUT2D eigenvalue weighted by molar-refractivity contribution is 7.13. The van der Waals surface area contributed by atoms with E-state index in [1.807, 2.05) is 60.5 Å². The summed E-state index contributed by atoms with van der Waals surface area (Å²) < 4.78 is 0. The number of nitrogens with one attached hydrogen (secondary N) is 2. The Hall–Kier alpha value is -3.26. The zero-order valence-electron chi connectivity index (χ0n) is 16.8. The Morgan fingerprint density at radius 2 is 2.13 bits per heavy atom. The number of anilines is 2. The monoisotopic (exact) mass is 418 g/mol. The fraction of sp³-hybridized carbons (Fsp3) is 0.273. The van der Waals surface area contributed by atoms with Gasteiger partial charge < -0.3 is 10.2 Å². The van der Waals surface area contributed by atoms with Gasteiger partial charge in [0.25, 0.3) is 5.91 Å². The third-order valence-corrected chi connectivity index (χ3v) is 6.28. The van der Waals surface area contributed by atoms with Crippen LogP contribution in [0.2, 0.25) is 0 Å². The molecule has 1 fully saturated rings. The van der Waals surface area contributed by atoms with E-state index in [0.29, 0.717) is 12.2 Å². The third kappa shape index (κ3) is 3.43. The van der Waals surface area contributed by atoms with Crippen molar-refractivity contribution < 1.29 is 4.79 Å². The number of likely N-dealkylation sites (tertiary alicyclic amines) is 1. The number of thiazole rings is 1. The van der Waals surface area contributed by atoms with E-state index < -0.39 is 0 Å². The largest absolute Gasteiger partial charge is 0.329 e. The second kappa shape index (κ2) is 7.53. The number of carbonyl (C=O) groups is 1. The number of H-pyrrole nitrogens is 1. The fourth-order valence-corrected chi connectivity index (χ4v) is 4.67. The van der Waals surface area contributed by atoms with Crippen LogP contribution in [0.1, 0.15) is 46.3 Å². The van der Waals surface area contributed by atoms with Crippen molar-refractivity contribution in [1.29, 1.82) is 0 Å². The minimum atomic E-state index is -0.0613. The molecule has 1 unspecified atom stereocenters. The molecule has 152 valence electrons. The Bertz CT molecular complexity index is 1230. The van der Waals surface area contributed by atoms with Crippen molar-refractivity contribution in [2.45, 2.75) is 32.7 Å². The van der Waals surface area contributed by atoms with Crippen LogP contribution in [0.5, 0.6) is 0 Å². The molecule has 5 rings (SSSR count). The molecule has 4 heterocycles. The van der Waals surface area contributed by atoms with Crippen molar-refractivity contribution in [3.8, 4) is 0 Å². The van der Waals surface area contributed by atoms with E-state index in [4.69, 9.17) is 4.98 Å². The summed E-state index contributed by atoms with van der Waals surface area (Å²) >= 11 is 1.55. The van der Waals surface area contributed by atoms with Gasteiger partial charge in [-0.3, -0.25) is 9.89 Å². The number of hydrogen-bond acceptors (Lipinski definition) is 6. The normalized spacial score (nSPS) is 16.3. The lowest BCUT2D eigenvalue weighted by Gasteiger charge is -2.24. The topological polar surface area (TPSA) is 86.8 Å². The summed E-state index contributed by atoms with van der Waals surface area (Å²) in [6.07, 6.45) is 1.84. The first-order valence-electron chi connectivity index (χ1n) is 10.0. The van der Waals surface area contributed by atoms with E-state index >= 15 is 0 Å². The molecule has 8 heteroatoms. The summed E-state index contributed by atoms with van der Waals surface area (Å²) in [7, 11) is 0. The molecule has 1 amide bonds. The molecule has 0 radical (unpaired) electrons. The first-order valence-corrected chi connectivity index (χ1v) is 10.9. The zero-order valence-corrected chi connectivity index (χ0v) is 17.7. The summed E-state index contributed by atoms with van der Waals surface area (Å²) in [5, 5.41) is 14.3. The Morgan fingerprint density at radius 1 is 1.23 bits per heavy atom. The quantitative estimate of drug-likeness (QED) is 0.499. The highest BCUT2D eigenvalue weighted by Gasteiger charge is 2.33. The van der Waals surface area contributed by atoms with Gasteiger partial charge in [-0.15, -0.1) is 11.3 Å². The first-order chi connectivity index (χ1) is 14.6. The van der Waals surface area contributed by atoms with Gasteiger partial charge >= 0.3 is 0 Å². The molecule has 1 aromatic carbocycles. The molecule has 2 N–H and O–H groups in total. The van der Waals surface area contributed by atoms with E-state index in [0.717, 1.165) is 51.6 Å². The number of amides is 1. The van der Waals surface area contributed by atoms with Gasteiger partial charge in [0.1, 0.15) is 5.82 Å². The number of fused-ring (bicyclic) bond motifs is 1. The standard InChI is InChI=1S/C22H22N6OS/c1-13-8-9-16-15(11-13)20(27-26-16)21(29)28-10-4-6-18(28)17-5-3-7-19(24-17)25-22-23-14(2)12-30-22/h3,5,7-9,11-12,18H,4,6,10H2,1-2H3,(H,26,27)(H,23,24,25). The lowest BCUT2D eigenvalue weighted by Crippen LogP contribution is -2.31. The number of rotatable bonds is 4. The van der Waals surface area contributed by atoms with E-state index in [-0.39, 0.29) is 11.9 Å². The molecule has 7 nitrogen and oxygen atoms in total. The van der Waals surface area contributed by atoms with Gasteiger partial charge in [-0.2, -0.15) is 5.10 Å². The number of pyridine rings is 1. The predicted molar refractivity (Wildman–Crippen MR) is 118 cm³/mol. The first kappa shape index (κ1) is 18.7. The summed E-state index contributed by atoms with van der Waals surface area (Å²) in [6, 6.07) is 11.8. The number of aryl methyl sites for hydroxylation is 2. The molecule has 0 spiro atoms. The Balaban J connectivity index is 1.42. The van der Waals surface area contributed by atoms with Gasteiger partial charge in [0.2, 0.25) is 0 Å². The van der Waals surface area contributed by atoms with Crippen molar-refractivity contribution in [3.05, 3.63) is 64.4 Å². The Morgan fingerprint density at radius 3 is 2.97 bits per heavy atom. The molecular weight excluding hydrogens is 396 g/mol. The van der Waals surface area contributed by atoms with Crippen molar-refractivity contribution in [1.82, 2.24) is 25.1 Å². The average Bonchev–Trinajstić information content (AvgIpc) is 3.47. The molecule has 0 saturated carbocycles. The van der Waals surface area contributed by atoms with Crippen LogP contribution in [0.3, 0.4) is 0 Å². The summed E-state index contributed by atoms with van der Waals surface area (Å²) in [6.45, 7) is 4.69. The van der Waals surface area contributed by atoms with Crippen LogP contribution in [0.4, 0.5) is 10.9 Å². The number of carbonyl (C=O) groups excluding carboxylic acids is 1. The molecular formula is C22H22N6OS. The maximum atomic E-state index is 13.4. The maximum Gasteiger partial charge on any atom is 0.275 e. The van der Waals surface area contributed by atoms with Crippen LogP contribution in [0.15, 0.2) is 41.8 Å². The molecule has 1 atom stereocenters. The highest BCUT2D eigenvalue weighted by atomic mass is 32.1. The molecule has 0 aliphatic carbocycles. The predicted octanol–water partition coefficient (Wildman–Crippen LogP) is 4.75. The van der Waals surface area contributed by atoms with E-state index in [1.54, 1.807) is 11.3 Å². The Kier molecular flexibility index (Phi) is 4.71. The summed E-state index contributed by atoms with van der Waals surface area (Å²) in [5.41, 5.74) is 4.33. The number of hydrogen-bond donors (Lipinski definition) is 2. The maximum absolute atomic E-state index is 13.4. The fourth-order valence-electron chi connectivity index (χ4n) is 3.97. The zero-order chi connectivity index (χ0) is 20.7. The molecule has 3 aromatic heterocycles. The van der Waals surface area contributed by atoms with Gasteiger partial charge in [-0.05, 0) is 51.0 Å². The molecule has 1 aliphatic rings. The van der Waals surface area contributed by atoms with Crippen molar-refractivity contribution in [2.75, 3.05) is 11.9 Å². The second-order valence-corrected chi connectivity index (χ2v) is 8.50. The van der Waals surface area contributed by atoms with Crippen LogP contribution in [0.25, 0.3) is 10.9 Å². The van der Waals surface area contributed by atoms with Gasteiger partial charge in [-0.1, -0.05) is 17.7 Å². The minimum Gasteiger partial charge on any atom is -0.329 e. The van der Waals surface area contributed by atoms with E-state index in [2.05, 4.69) is 20.5 Å². The van der Waals surface area contributed by atoms with Crippen LogP contribution in [-0.4, -0.2) is 37.5 Å². The summed E-state index contributed by atoms with van der Waals surface area (Å²) in [5.74, 6) is 0.687. The van der Waals surface area contributed by atoms with Gasteiger partial charge in [-0.25, -0.2) is 9.97 Å². The van der Waals surface area contributed by atoms with Crippen LogP contribution in [0, 0.1) is 13.8 Å². The number of aromatic amines is 1. The van der Waals surface area contributed by atoms with Crippen molar-refractivity contribution in [3.63, 3.8) is 0 Å². The number of aromatic nitrogens is 4. The summed E-state index contributed by atoms with van der Waals surface area (Å²) in [4.78, 5) is 24.5. The lowest BCUT2D eigenvalue weighted by molar-refractivity contribution is 0.0729. The van der Waals surface area contributed by atoms with Gasteiger partial charge in [0.15, 0.2) is 10.8 Å². The molecule has 0 bridgehead atoms. The van der Waals surface area contributed by atoms with E-state index in [9.17, 15) is 4.79 Å². The molecule has 1 aliphatic heterocycles. The van der Waals surface area contributed by atoms with Crippen LogP contribution < -0.4 is 5.32 Å². The highest BCUT2D eigenvalue weighted by Crippen LogP contribution is 2.34. The average molecular weight is 419 g/mol. The van der Waals surface area contributed by atoms with Crippen LogP contribution >= 0.6 is 11.3 Å². The molecule has 4 aromatic rings. The third-order valence-electron chi connectivity index (χ3n) is 5.40. The van der Waals surface area contributed by atoms with Gasteiger partial charge in [0.05, 0.1) is 22.9 Å². The van der Waals surface area contributed by atoms with Crippen molar-refractivity contribution >= 4 is 39.1 Å². The lowest BCUT2D eigenvalue weighted by atomic mass is 10.1.